The Morgan fingerprint density at radius 3 is 2.48 bits per heavy atom. The summed E-state index contributed by atoms with van der Waals surface area (Å²) in [5.41, 5.74) is 3.61. The molecule has 108 valence electrons. The maximum Gasteiger partial charge on any atom is 0.159 e. The summed E-state index contributed by atoms with van der Waals surface area (Å²) in [5.74, 6) is 1.87. The third kappa shape index (κ3) is 2.37. The molecule has 0 atom stereocenters. The second-order valence-electron chi connectivity index (χ2n) is 5.53. The van der Waals surface area contributed by atoms with Gasteiger partial charge in [0.1, 0.15) is 0 Å². The Bertz CT molecular complexity index is 773. The van der Waals surface area contributed by atoms with Crippen LogP contribution in [0.4, 0.5) is 0 Å². The van der Waals surface area contributed by atoms with Gasteiger partial charge in [-0.15, -0.1) is 0 Å². The van der Waals surface area contributed by atoms with E-state index in [1.807, 2.05) is 0 Å². The SMILES string of the molecule is COc1cnc(-c2ccc3c(c2)c(C(C)C)cn3C)nc1. The summed E-state index contributed by atoms with van der Waals surface area (Å²) in [7, 11) is 3.70. The standard InChI is InChI=1S/C17H19N3O/c1-11(2)15-10-20(3)16-6-5-12(7-14(15)16)17-18-8-13(21-4)9-19-17/h5-11H,1-4H3. The first-order chi connectivity index (χ1) is 10.1. The highest BCUT2D eigenvalue weighted by Crippen LogP contribution is 2.30. The highest BCUT2D eigenvalue weighted by molar-refractivity contribution is 5.88. The van der Waals surface area contributed by atoms with Crippen LogP contribution in [-0.2, 0) is 7.05 Å². The molecule has 4 heteroatoms. The van der Waals surface area contributed by atoms with Crippen molar-refractivity contribution in [3.63, 3.8) is 0 Å². The van der Waals surface area contributed by atoms with Gasteiger partial charge < -0.3 is 9.30 Å². The van der Waals surface area contributed by atoms with Crippen molar-refractivity contribution in [1.82, 2.24) is 14.5 Å². The molecule has 3 rings (SSSR count). The summed E-state index contributed by atoms with van der Waals surface area (Å²) in [4.78, 5) is 8.73. The molecule has 0 spiro atoms. The van der Waals surface area contributed by atoms with Crippen LogP contribution in [0.5, 0.6) is 5.75 Å². The summed E-state index contributed by atoms with van der Waals surface area (Å²) in [6, 6.07) is 6.37. The number of rotatable bonds is 3. The molecular weight excluding hydrogens is 262 g/mol. The van der Waals surface area contributed by atoms with Crippen LogP contribution in [0.25, 0.3) is 22.3 Å². The summed E-state index contributed by atoms with van der Waals surface area (Å²) >= 11 is 0. The maximum absolute atomic E-state index is 5.10. The van der Waals surface area contributed by atoms with Gasteiger partial charge in [0.25, 0.3) is 0 Å². The van der Waals surface area contributed by atoms with Gasteiger partial charge in [-0.3, -0.25) is 0 Å². The van der Waals surface area contributed by atoms with Gasteiger partial charge in [0.05, 0.1) is 19.5 Å². The summed E-state index contributed by atoms with van der Waals surface area (Å²) in [6.07, 6.45) is 5.59. The quantitative estimate of drug-likeness (QED) is 0.733. The Balaban J connectivity index is 2.13. The average Bonchev–Trinajstić information content (AvgIpc) is 2.84. The van der Waals surface area contributed by atoms with Crippen molar-refractivity contribution >= 4 is 10.9 Å². The molecule has 0 bridgehead atoms. The zero-order valence-corrected chi connectivity index (χ0v) is 12.8. The van der Waals surface area contributed by atoms with Gasteiger partial charge in [0, 0.05) is 29.7 Å². The van der Waals surface area contributed by atoms with Crippen LogP contribution in [0, 0.1) is 0 Å². The lowest BCUT2D eigenvalue weighted by atomic mass is 10.0. The molecule has 21 heavy (non-hydrogen) atoms. The highest BCUT2D eigenvalue weighted by atomic mass is 16.5. The van der Waals surface area contributed by atoms with Crippen LogP contribution >= 0.6 is 0 Å². The van der Waals surface area contributed by atoms with Gasteiger partial charge in [-0.1, -0.05) is 13.8 Å². The Morgan fingerprint density at radius 2 is 1.86 bits per heavy atom. The Hall–Kier alpha value is -2.36. The molecule has 0 aliphatic carbocycles. The topological polar surface area (TPSA) is 39.9 Å². The van der Waals surface area contributed by atoms with Crippen LogP contribution in [-0.4, -0.2) is 21.6 Å². The van der Waals surface area contributed by atoms with Crippen molar-refractivity contribution < 1.29 is 4.74 Å². The zero-order chi connectivity index (χ0) is 15.0. The first-order valence-corrected chi connectivity index (χ1v) is 7.05. The second kappa shape index (κ2) is 5.20. The highest BCUT2D eigenvalue weighted by Gasteiger charge is 2.11. The summed E-state index contributed by atoms with van der Waals surface area (Å²) in [5, 5.41) is 1.27. The minimum atomic E-state index is 0.487. The molecule has 0 saturated heterocycles. The molecule has 0 saturated carbocycles. The van der Waals surface area contributed by atoms with Gasteiger partial charge >= 0.3 is 0 Å². The summed E-state index contributed by atoms with van der Waals surface area (Å²) < 4.78 is 7.27. The fourth-order valence-electron chi connectivity index (χ4n) is 2.59. The predicted octanol–water partition coefficient (Wildman–Crippen LogP) is 3.77. The number of methoxy groups -OCH3 is 1. The second-order valence-corrected chi connectivity index (χ2v) is 5.53. The van der Waals surface area contributed by atoms with E-state index in [0.717, 1.165) is 11.4 Å². The smallest absolute Gasteiger partial charge is 0.159 e. The van der Waals surface area contributed by atoms with Crippen LogP contribution in [0.15, 0.2) is 36.8 Å². The van der Waals surface area contributed by atoms with Gasteiger partial charge in [0.2, 0.25) is 0 Å². The fraction of sp³-hybridized carbons (Fsp3) is 0.294. The molecule has 3 aromatic rings. The molecular formula is C17H19N3O. The van der Waals surface area contributed by atoms with Crippen molar-refractivity contribution in [2.24, 2.45) is 7.05 Å². The fourth-order valence-corrected chi connectivity index (χ4v) is 2.59. The van der Waals surface area contributed by atoms with E-state index in [-0.39, 0.29) is 0 Å². The lowest BCUT2D eigenvalue weighted by molar-refractivity contribution is 0.411. The first kappa shape index (κ1) is 13.6. The number of nitrogens with zero attached hydrogens (tertiary/aromatic N) is 3. The van der Waals surface area contributed by atoms with E-state index in [1.165, 1.54) is 16.5 Å². The first-order valence-electron chi connectivity index (χ1n) is 7.05. The number of ether oxygens (including phenoxy) is 1. The van der Waals surface area contributed by atoms with E-state index in [0.29, 0.717) is 11.7 Å². The van der Waals surface area contributed by atoms with Crippen molar-refractivity contribution in [1.29, 1.82) is 0 Å². The zero-order valence-electron chi connectivity index (χ0n) is 12.8. The minimum Gasteiger partial charge on any atom is -0.494 e. The molecule has 0 aliphatic heterocycles. The molecule has 0 amide bonds. The Kier molecular flexibility index (Phi) is 3.37. The Morgan fingerprint density at radius 1 is 1.14 bits per heavy atom. The van der Waals surface area contributed by atoms with E-state index >= 15 is 0 Å². The number of benzene rings is 1. The van der Waals surface area contributed by atoms with E-state index in [2.05, 4.69) is 59.8 Å². The number of hydrogen-bond acceptors (Lipinski definition) is 3. The monoisotopic (exact) mass is 281 g/mol. The molecule has 0 N–H and O–H groups in total. The van der Waals surface area contributed by atoms with Gasteiger partial charge in [-0.05, 0) is 29.7 Å². The van der Waals surface area contributed by atoms with Crippen molar-refractivity contribution in [3.05, 3.63) is 42.4 Å². The Labute approximate surface area is 124 Å². The average molecular weight is 281 g/mol. The molecule has 0 radical (unpaired) electrons. The lowest BCUT2D eigenvalue weighted by Crippen LogP contribution is -1.91. The molecule has 0 fully saturated rings. The number of aryl methyl sites for hydroxylation is 1. The predicted molar refractivity (Wildman–Crippen MR) is 84.6 cm³/mol. The van der Waals surface area contributed by atoms with Crippen LogP contribution in [0.3, 0.4) is 0 Å². The summed E-state index contributed by atoms with van der Waals surface area (Å²) in [6.45, 7) is 4.43. The largest absolute Gasteiger partial charge is 0.494 e. The third-order valence-corrected chi connectivity index (χ3v) is 3.76. The number of aromatic nitrogens is 3. The molecule has 1 aromatic carbocycles. The normalized spacial score (nSPS) is 11.3. The van der Waals surface area contributed by atoms with Crippen LogP contribution in [0.1, 0.15) is 25.3 Å². The van der Waals surface area contributed by atoms with E-state index in [9.17, 15) is 0 Å². The van der Waals surface area contributed by atoms with Gasteiger partial charge in [-0.2, -0.15) is 0 Å². The van der Waals surface area contributed by atoms with E-state index < -0.39 is 0 Å². The lowest BCUT2D eigenvalue weighted by Gasteiger charge is -2.05. The van der Waals surface area contributed by atoms with Crippen molar-refractivity contribution in [2.75, 3.05) is 7.11 Å². The third-order valence-electron chi connectivity index (χ3n) is 3.76. The van der Waals surface area contributed by atoms with Crippen molar-refractivity contribution in [2.45, 2.75) is 19.8 Å². The van der Waals surface area contributed by atoms with Crippen LogP contribution in [0.2, 0.25) is 0 Å². The van der Waals surface area contributed by atoms with Crippen molar-refractivity contribution in [3.8, 4) is 17.1 Å². The molecule has 4 nitrogen and oxygen atoms in total. The maximum atomic E-state index is 5.10. The van der Waals surface area contributed by atoms with Gasteiger partial charge in [-0.25, -0.2) is 9.97 Å². The number of hydrogen-bond donors (Lipinski definition) is 0. The number of fused-ring (bicyclic) bond motifs is 1. The van der Waals surface area contributed by atoms with E-state index in [4.69, 9.17) is 4.74 Å². The molecule has 0 unspecified atom stereocenters. The molecule has 0 aliphatic rings. The van der Waals surface area contributed by atoms with E-state index in [1.54, 1.807) is 19.5 Å². The van der Waals surface area contributed by atoms with Gasteiger partial charge in [0.15, 0.2) is 11.6 Å². The van der Waals surface area contributed by atoms with Crippen LogP contribution < -0.4 is 4.74 Å². The molecule has 2 heterocycles. The molecule has 2 aromatic heterocycles. The minimum absolute atomic E-state index is 0.487.